The van der Waals surface area contributed by atoms with E-state index in [0.29, 0.717) is 24.8 Å². The minimum atomic E-state index is -4.36. The standard InChI is InChI=1S/C22H26F3N3OS/c23-22(24,25)16-7-8-21-19(14-16)28(18-5-1-2-6-20(18)30-21)10-3-4-17-15-26-9-11-27(17)12-13-29/h1-2,5-8,14,17,26,29H,3-4,9-13,15H2. The average Bonchev–Trinajstić information content (AvgIpc) is 2.73. The summed E-state index contributed by atoms with van der Waals surface area (Å²) >= 11 is 1.52. The van der Waals surface area contributed by atoms with Crippen LogP contribution in [0, 0.1) is 0 Å². The Morgan fingerprint density at radius 1 is 1.07 bits per heavy atom. The molecule has 2 heterocycles. The third kappa shape index (κ3) is 4.61. The van der Waals surface area contributed by atoms with Crippen molar-refractivity contribution in [3.8, 4) is 0 Å². The van der Waals surface area contributed by atoms with Gasteiger partial charge in [-0.1, -0.05) is 23.9 Å². The molecule has 1 atom stereocenters. The molecule has 0 spiro atoms. The molecule has 0 radical (unpaired) electrons. The van der Waals surface area contributed by atoms with Crippen molar-refractivity contribution in [2.24, 2.45) is 0 Å². The van der Waals surface area contributed by atoms with E-state index in [2.05, 4.69) is 10.2 Å². The first kappa shape index (κ1) is 21.5. The van der Waals surface area contributed by atoms with Gasteiger partial charge in [-0.15, -0.1) is 0 Å². The van der Waals surface area contributed by atoms with E-state index in [9.17, 15) is 18.3 Å². The molecule has 2 N–H and O–H groups in total. The Balaban J connectivity index is 1.55. The lowest BCUT2D eigenvalue weighted by Gasteiger charge is -2.37. The summed E-state index contributed by atoms with van der Waals surface area (Å²) in [5.74, 6) is 0. The van der Waals surface area contributed by atoms with Crippen LogP contribution >= 0.6 is 11.8 Å². The van der Waals surface area contributed by atoms with Crippen LogP contribution < -0.4 is 10.2 Å². The van der Waals surface area contributed by atoms with Gasteiger partial charge in [0.1, 0.15) is 0 Å². The highest BCUT2D eigenvalue weighted by Gasteiger charge is 2.33. The fraction of sp³-hybridized carbons (Fsp3) is 0.455. The number of hydrogen-bond donors (Lipinski definition) is 2. The highest BCUT2D eigenvalue weighted by Crippen LogP contribution is 2.49. The fourth-order valence-electron chi connectivity index (χ4n) is 4.24. The molecule has 162 valence electrons. The van der Waals surface area contributed by atoms with E-state index in [-0.39, 0.29) is 6.61 Å². The van der Waals surface area contributed by atoms with Gasteiger partial charge in [-0.05, 0) is 43.2 Å². The highest BCUT2D eigenvalue weighted by molar-refractivity contribution is 7.99. The third-order valence-corrected chi connectivity index (χ3v) is 6.86. The summed E-state index contributed by atoms with van der Waals surface area (Å²) in [6.07, 6.45) is -2.59. The molecule has 0 saturated carbocycles. The lowest BCUT2D eigenvalue weighted by molar-refractivity contribution is -0.137. The van der Waals surface area contributed by atoms with Gasteiger partial charge in [0.25, 0.3) is 0 Å². The first-order chi connectivity index (χ1) is 14.5. The summed E-state index contributed by atoms with van der Waals surface area (Å²) in [6.45, 7) is 4.15. The number of para-hydroxylation sites is 1. The van der Waals surface area contributed by atoms with Crippen LogP contribution in [0.5, 0.6) is 0 Å². The number of hydrogen-bond acceptors (Lipinski definition) is 5. The molecule has 1 fully saturated rings. The number of anilines is 2. The number of aliphatic hydroxyl groups excluding tert-OH is 1. The van der Waals surface area contributed by atoms with Crippen molar-refractivity contribution in [3.05, 3.63) is 48.0 Å². The molecular weight excluding hydrogens is 411 g/mol. The molecule has 2 aliphatic rings. The summed E-state index contributed by atoms with van der Waals surface area (Å²) in [4.78, 5) is 6.24. The smallest absolute Gasteiger partial charge is 0.395 e. The molecule has 4 rings (SSSR count). The van der Waals surface area contributed by atoms with Crippen molar-refractivity contribution in [2.45, 2.75) is 34.9 Å². The molecule has 1 saturated heterocycles. The Morgan fingerprint density at radius 2 is 1.87 bits per heavy atom. The number of β-amino-alcohol motifs (C(OH)–C–C–N with tert-alkyl or cyclic N) is 1. The molecule has 0 bridgehead atoms. The average molecular weight is 438 g/mol. The van der Waals surface area contributed by atoms with Crippen molar-refractivity contribution in [1.29, 1.82) is 0 Å². The van der Waals surface area contributed by atoms with Gasteiger partial charge in [0.05, 0.1) is 23.5 Å². The SMILES string of the molecule is OCCN1CCNCC1CCCN1c2ccccc2Sc2ccc(C(F)(F)F)cc21. The van der Waals surface area contributed by atoms with Crippen molar-refractivity contribution >= 4 is 23.1 Å². The number of aliphatic hydroxyl groups is 1. The van der Waals surface area contributed by atoms with Gasteiger partial charge in [-0.25, -0.2) is 0 Å². The van der Waals surface area contributed by atoms with E-state index in [1.165, 1.54) is 23.9 Å². The number of nitrogens with zero attached hydrogens (tertiary/aromatic N) is 2. The Kier molecular flexibility index (Phi) is 6.57. The maximum Gasteiger partial charge on any atom is 0.416 e. The molecule has 30 heavy (non-hydrogen) atoms. The van der Waals surface area contributed by atoms with E-state index in [1.807, 2.05) is 29.2 Å². The van der Waals surface area contributed by atoms with E-state index in [0.717, 1.165) is 48.0 Å². The Morgan fingerprint density at radius 3 is 2.67 bits per heavy atom. The molecule has 0 aromatic heterocycles. The maximum absolute atomic E-state index is 13.3. The van der Waals surface area contributed by atoms with Gasteiger partial charge in [-0.2, -0.15) is 13.2 Å². The molecule has 2 aliphatic heterocycles. The van der Waals surface area contributed by atoms with E-state index < -0.39 is 11.7 Å². The summed E-state index contributed by atoms with van der Waals surface area (Å²) in [6, 6.07) is 12.2. The van der Waals surface area contributed by atoms with Crippen molar-refractivity contribution < 1.29 is 18.3 Å². The number of piperazine rings is 1. The van der Waals surface area contributed by atoms with Gasteiger partial charge >= 0.3 is 6.18 Å². The lowest BCUT2D eigenvalue weighted by Crippen LogP contribution is -2.52. The number of benzene rings is 2. The van der Waals surface area contributed by atoms with Crippen LogP contribution in [-0.4, -0.2) is 55.4 Å². The van der Waals surface area contributed by atoms with Gasteiger partial charge in [0, 0.05) is 48.6 Å². The first-order valence-electron chi connectivity index (χ1n) is 10.3. The molecule has 2 aromatic carbocycles. The molecule has 0 aliphatic carbocycles. The lowest BCUT2D eigenvalue weighted by atomic mass is 10.1. The summed E-state index contributed by atoms with van der Waals surface area (Å²) < 4.78 is 40.0. The monoisotopic (exact) mass is 437 g/mol. The van der Waals surface area contributed by atoms with Gasteiger partial charge in [0.2, 0.25) is 0 Å². The Bertz CT molecular complexity index is 875. The molecule has 1 unspecified atom stereocenters. The molecule has 2 aromatic rings. The van der Waals surface area contributed by atoms with Crippen molar-refractivity contribution in [2.75, 3.05) is 44.2 Å². The van der Waals surface area contributed by atoms with Crippen molar-refractivity contribution in [1.82, 2.24) is 10.2 Å². The predicted octanol–water partition coefficient (Wildman–Crippen LogP) is 4.35. The predicted molar refractivity (Wildman–Crippen MR) is 114 cm³/mol. The second kappa shape index (κ2) is 9.18. The maximum atomic E-state index is 13.3. The number of fused-ring (bicyclic) bond motifs is 2. The number of rotatable bonds is 6. The van der Waals surface area contributed by atoms with E-state index in [4.69, 9.17) is 0 Å². The number of alkyl halides is 3. The first-order valence-corrected chi connectivity index (χ1v) is 11.1. The number of halogens is 3. The zero-order valence-corrected chi connectivity index (χ0v) is 17.5. The Hall–Kier alpha value is -1.74. The Labute approximate surface area is 179 Å². The quantitative estimate of drug-likeness (QED) is 0.703. The van der Waals surface area contributed by atoms with Gasteiger partial charge < -0.3 is 15.3 Å². The van der Waals surface area contributed by atoms with Crippen LogP contribution in [0.15, 0.2) is 52.3 Å². The second-order valence-electron chi connectivity index (χ2n) is 7.66. The summed E-state index contributed by atoms with van der Waals surface area (Å²) in [5.41, 5.74) is 0.975. The van der Waals surface area contributed by atoms with Crippen LogP contribution in [0.3, 0.4) is 0 Å². The van der Waals surface area contributed by atoms with E-state index in [1.54, 1.807) is 6.07 Å². The topological polar surface area (TPSA) is 38.7 Å². The molecule has 8 heteroatoms. The highest BCUT2D eigenvalue weighted by atomic mass is 32.2. The van der Waals surface area contributed by atoms with Crippen molar-refractivity contribution in [3.63, 3.8) is 0 Å². The van der Waals surface area contributed by atoms with Crippen LogP contribution in [-0.2, 0) is 6.18 Å². The van der Waals surface area contributed by atoms with Crippen LogP contribution in [0.4, 0.5) is 24.5 Å². The third-order valence-electron chi connectivity index (χ3n) is 5.73. The zero-order valence-electron chi connectivity index (χ0n) is 16.7. The normalized spacial score (nSPS) is 19.5. The zero-order chi connectivity index (χ0) is 21.1. The number of nitrogens with one attached hydrogen (secondary N) is 1. The summed E-state index contributed by atoms with van der Waals surface area (Å²) in [5, 5.41) is 12.7. The second-order valence-corrected chi connectivity index (χ2v) is 8.75. The minimum Gasteiger partial charge on any atom is -0.395 e. The van der Waals surface area contributed by atoms with Crippen LogP contribution in [0.25, 0.3) is 0 Å². The fourth-order valence-corrected chi connectivity index (χ4v) is 5.32. The van der Waals surface area contributed by atoms with Crippen LogP contribution in [0.2, 0.25) is 0 Å². The summed E-state index contributed by atoms with van der Waals surface area (Å²) in [7, 11) is 0. The van der Waals surface area contributed by atoms with E-state index >= 15 is 0 Å². The molecule has 4 nitrogen and oxygen atoms in total. The molecule has 0 amide bonds. The largest absolute Gasteiger partial charge is 0.416 e. The van der Waals surface area contributed by atoms with Gasteiger partial charge in [-0.3, -0.25) is 4.90 Å². The minimum absolute atomic E-state index is 0.140. The molecular formula is C22H26F3N3OS. The van der Waals surface area contributed by atoms with Gasteiger partial charge in [0.15, 0.2) is 0 Å². The van der Waals surface area contributed by atoms with Crippen LogP contribution in [0.1, 0.15) is 18.4 Å².